The summed E-state index contributed by atoms with van der Waals surface area (Å²) in [5, 5.41) is 9.71. The van der Waals surface area contributed by atoms with Crippen LogP contribution in [0.1, 0.15) is 44.9 Å². The maximum atomic E-state index is 9.04. The quantitative estimate of drug-likeness (QED) is 0.657. The van der Waals surface area contributed by atoms with Crippen LogP contribution >= 0.6 is 11.8 Å². The monoisotopic (exact) mass is 250 g/mol. The van der Waals surface area contributed by atoms with Crippen molar-refractivity contribution in [2.24, 2.45) is 5.92 Å². The lowest BCUT2D eigenvalue weighted by Crippen LogP contribution is -2.07. The van der Waals surface area contributed by atoms with Crippen LogP contribution in [0.4, 0.5) is 5.82 Å². The predicted molar refractivity (Wildman–Crippen MR) is 70.8 cm³/mol. The van der Waals surface area contributed by atoms with Gasteiger partial charge in [0.1, 0.15) is 17.5 Å². The van der Waals surface area contributed by atoms with E-state index in [-0.39, 0.29) is 11.7 Å². The number of nitriles is 1. The first kappa shape index (κ1) is 13.8. The van der Waals surface area contributed by atoms with Crippen molar-refractivity contribution in [2.45, 2.75) is 38.8 Å². The summed E-state index contributed by atoms with van der Waals surface area (Å²) in [6, 6.07) is 2.08. The Balaban J connectivity index is 3.08. The first-order valence-corrected chi connectivity index (χ1v) is 6.64. The first-order valence-electron chi connectivity index (χ1n) is 5.66. The molecule has 1 aromatic heterocycles. The number of anilines is 1. The van der Waals surface area contributed by atoms with Crippen molar-refractivity contribution in [1.82, 2.24) is 9.97 Å². The molecule has 4 nitrogen and oxygen atoms in total. The molecule has 0 aromatic carbocycles. The molecule has 0 saturated heterocycles. The number of hydrogen-bond donors (Lipinski definition) is 1. The van der Waals surface area contributed by atoms with Crippen molar-refractivity contribution in [3.63, 3.8) is 0 Å². The van der Waals surface area contributed by atoms with Gasteiger partial charge in [0.15, 0.2) is 5.16 Å². The number of rotatable bonds is 4. The maximum Gasteiger partial charge on any atom is 0.189 e. The van der Waals surface area contributed by atoms with Gasteiger partial charge in [-0.3, -0.25) is 0 Å². The summed E-state index contributed by atoms with van der Waals surface area (Å²) in [7, 11) is 0. The van der Waals surface area contributed by atoms with E-state index in [4.69, 9.17) is 11.0 Å². The Morgan fingerprint density at radius 1 is 1.29 bits per heavy atom. The molecule has 17 heavy (non-hydrogen) atoms. The second kappa shape index (κ2) is 5.87. The normalized spacial score (nSPS) is 10.9. The van der Waals surface area contributed by atoms with Crippen LogP contribution in [-0.4, -0.2) is 15.7 Å². The van der Waals surface area contributed by atoms with E-state index < -0.39 is 0 Å². The minimum atomic E-state index is 0.174. The van der Waals surface area contributed by atoms with Gasteiger partial charge in [0.25, 0.3) is 0 Å². The average Bonchev–Trinajstić information content (AvgIpc) is 2.25. The summed E-state index contributed by atoms with van der Waals surface area (Å²) < 4.78 is 0. The Labute approximate surface area is 107 Å². The van der Waals surface area contributed by atoms with Crippen LogP contribution in [0.5, 0.6) is 0 Å². The second-order valence-electron chi connectivity index (χ2n) is 4.62. The molecule has 0 bridgehead atoms. The topological polar surface area (TPSA) is 75.6 Å². The fourth-order valence-corrected chi connectivity index (χ4v) is 2.12. The molecule has 0 aliphatic carbocycles. The van der Waals surface area contributed by atoms with Crippen LogP contribution in [0.25, 0.3) is 0 Å². The smallest absolute Gasteiger partial charge is 0.189 e. The zero-order chi connectivity index (χ0) is 13.0. The Kier molecular flexibility index (Phi) is 4.76. The Morgan fingerprint density at radius 2 is 1.94 bits per heavy atom. The molecule has 1 heterocycles. The van der Waals surface area contributed by atoms with E-state index in [2.05, 4.69) is 29.9 Å². The SMILES string of the molecule is CC(C)CSc1nc(N)c(C#N)c(C(C)C)n1. The number of nitrogen functional groups attached to an aromatic ring is 1. The van der Waals surface area contributed by atoms with Crippen molar-refractivity contribution in [2.75, 3.05) is 11.5 Å². The van der Waals surface area contributed by atoms with Gasteiger partial charge in [0, 0.05) is 5.75 Å². The fourth-order valence-electron chi connectivity index (χ4n) is 1.31. The van der Waals surface area contributed by atoms with Crippen LogP contribution in [0.2, 0.25) is 0 Å². The molecule has 92 valence electrons. The van der Waals surface area contributed by atoms with Crippen LogP contribution in [0.15, 0.2) is 5.16 Å². The molecule has 1 rings (SSSR count). The molecule has 5 heteroatoms. The molecule has 0 unspecified atom stereocenters. The first-order chi connectivity index (χ1) is 7.95. The standard InChI is InChI=1S/C12H18N4S/c1-7(2)6-17-12-15-10(8(3)4)9(5-13)11(14)16-12/h7-8H,6H2,1-4H3,(H2,14,15,16). The highest BCUT2D eigenvalue weighted by atomic mass is 32.2. The molecule has 0 aliphatic rings. The van der Waals surface area contributed by atoms with Crippen molar-refractivity contribution in [1.29, 1.82) is 5.26 Å². The molecule has 0 fully saturated rings. The highest BCUT2D eigenvalue weighted by Crippen LogP contribution is 2.25. The molecule has 1 aromatic rings. The second-order valence-corrected chi connectivity index (χ2v) is 5.61. The number of aromatic nitrogens is 2. The molecule has 0 aliphatic heterocycles. The van der Waals surface area contributed by atoms with Crippen LogP contribution in [0, 0.1) is 17.2 Å². The maximum absolute atomic E-state index is 9.04. The molecule has 0 saturated carbocycles. The molecular formula is C12H18N4S. The van der Waals surface area contributed by atoms with Gasteiger partial charge in [-0.25, -0.2) is 9.97 Å². The Hall–Kier alpha value is -1.28. The van der Waals surface area contributed by atoms with Gasteiger partial charge in [-0.15, -0.1) is 0 Å². The summed E-state index contributed by atoms with van der Waals surface area (Å²) in [5.74, 6) is 1.98. The van der Waals surface area contributed by atoms with Crippen molar-refractivity contribution in [3.05, 3.63) is 11.3 Å². The van der Waals surface area contributed by atoms with E-state index in [9.17, 15) is 0 Å². The van der Waals surface area contributed by atoms with Crippen LogP contribution in [0.3, 0.4) is 0 Å². The Morgan fingerprint density at radius 3 is 2.41 bits per heavy atom. The molecule has 0 amide bonds. The zero-order valence-electron chi connectivity index (χ0n) is 10.7. The highest BCUT2D eigenvalue weighted by molar-refractivity contribution is 7.99. The summed E-state index contributed by atoms with van der Waals surface area (Å²) in [4.78, 5) is 8.59. The molecular weight excluding hydrogens is 232 g/mol. The third-order valence-corrected chi connectivity index (χ3v) is 3.42. The number of hydrogen-bond acceptors (Lipinski definition) is 5. The van der Waals surface area contributed by atoms with E-state index in [0.717, 1.165) is 11.4 Å². The summed E-state index contributed by atoms with van der Waals surface area (Å²) in [6.07, 6.45) is 0. The predicted octanol–water partition coefficient (Wildman–Crippen LogP) is 2.80. The zero-order valence-corrected chi connectivity index (χ0v) is 11.5. The number of nitrogens with two attached hydrogens (primary N) is 1. The number of thioether (sulfide) groups is 1. The van der Waals surface area contributed by atoms with Gasteiger partial charge in [0.2, 0.25) is 0 Å². The van der Waals surface area contributed by atoms with Gasteiger partial charge in [-0.2, -0.15) is 5.26 Å². The highest BCUT2D eigenvalue weighted by Gasteiger charge is 2.15. The van der Waals surface area contributed by atoms with E-state index in [1.807, 2.05) is 13.8 Å². The molecule has 2 N–H and O–H groups in total. The van der Waals surface area contributed by atoms with E-state index in [1.54, 1.807) is 11.8 Å². The van der Waals surface area contributed by atoms with Crippen LogP contribution < -0.4 is 5.73 Å². The van der Waals surface area contributed by atoms with Gasteiger partial charge < -0.3 is 5.73 Å². The fraction of sp³-hybridized carbons (Fsp3) is 0.583. The lowest BCUT2D eigenvalue weighted by molar-refractivity contribution is 0.742. The minimum absolute atomic E-state index is 0.174. The van der Waals surface area contributed by atoms with Gasteiger partial charge in [-0.1, -0.05) is 39.5 Å². The lowest BCUT2D eigenvalue weighted by atomic mass is 10.1. The molecule has 0 spiro atoms. The van der Waals surface area contributed by atoms with Gasteiger partial charge in [0.05, 0.1) is 5.69 Å². The molecule has 0 radical (unpaired) electrons. The molecule has 0 atom stereocenters. The Bertz CT molecular complexity index is 435. The van der Waals surface area contributed by atoms with Crippen molar-refractivity contribution in [3.8, 4) is 6.07 Å². The van der Waals surface area contributed by atoms with Gasteiger partial charge >= 0.3 is 0 Å². The van der Waals surface area contributed by atoms with E-state index in [0.29, 0.717) is 16.6 Å². The summed E-state index contributed by atoms with van der Waals surface area (Å²) in [5.41, 5.74) is 6.94. The van der Waals surface area contributed by atoms with Crippen molar-refractivity contribution < 1.29 is 0 Å². The third-order valence-electron chi connectivity index (χ3n) is 2.15. The third kappa shape index (κ3) is 3.60. The average molecular weight is 250 g/mol. The van der Waals surface area contributed by atoms with E-state index in [1.165, 1.54) is 0 Å². The van der Waals surface area contributed by atoms with Gasteiger partial charge in [-0.05, 0) is 11.8 Å². The van der Waals surface area contributed by atoms with Crippen LogP contribution in [-0.2, 0) is 0 Å². The summed E-state index contributed by atoms with van der Waals surface area (Å²) >= 11 is 1.58. The number of nitrogens with zero attached hydrogens (tertiary/aromatic N) is 3. The largest absolute Gasteiger partial charge is 0.382 e. The minimum Gasteiger partial charge on any atom is -0.382 e. The van der Waals surface area contributed by atoms with Crippen molar-refractivity contribution >= 4 is 17.6 Å². The lowest BCUT2D eigenvalue weighted by Gasteiger charge is -2.11. The summed E-state index contributed by atoms with van der Waals surface area (Å²) in [6.45, 7) is 8.28. The van der Waals surface area contributed by atoms with E-state index >= 15 is 0 Å².